The fraction of sp³-hybridized carbons (Fsp3) is 0.0714. The number of anilines is 1. The molecule has 3 rings (SSSR count). The second-order valence-corrected chi connectivity index (χ2v) is 4.72. The van der Waals surface area contributed by atoms with Crippen molar-refractivity contribution in [3.05, 3.63) is 52.8 Å². The number of fused-ring (bicyclic) bond motifs is 1. The summed E-state index contributed by atoms with van der Waals surface area (Å²) in [5, 5.41) is 3.07. The average Bonchev–Trinajstić information content (AvgIpc) is 2.78. The van der Waals surface area contributed by atoms with Gasteiger partial charge in [0.15, 0.2) is 5.75 Å². The number of carbonyl (C=O) groups excluding carboxylic acids is 2. The first-order chi connectivity index (χ1) is 9.63. The van der Waals surface area contributed by atoms with Crippen LogP contribution in [-0.4, -0.2) is 16.9 Å². The smallest absolute Gasteiger partial charge is 0.343 e. The molecule has 0 saturated carbocycles. The maximum absolute atomic E-state index is 12.2. The molecule has 6 heteroatoms. The number of benzene rings is 1. The Kier molecular flexibility index (Phi) is 3.12. The Morgan fingerprint density at radius 1 is 1.35 bits per heavy atom. The van der Waals surface area contributed by atoms with Gasteiger partial charge >= 0.3 is 5.97 Å². The summed E-state index contributed by atoms with van der Waals surface area (Å²) in [5.74, 6) is -0.413. The Balaban J connectivity index is 1.89. The number of amides is 1. The van der Waals surface area contributed by atoms with Gasteiger partial charge in [0, 0.05) is 18.0 Å². The summed E-state index contributed by atoms with van der Waals surface area (Å²) in [6.45, 7) is 0. The van der Waals surface area contributed by atoms with Crippen molar-refractivity contribution in [3.63, 3.8) is 0 Å². The maximum Gasteiger partial charge on any atom is 0.343 e. The molecule has 1 aromatic heterocycles. The zero-order valence-electron chi connectivity index (χ0n) is 10.2. The normalized spacial score (nSPS) is 12.8. The number of esters is 1. The molecule has 1 aliphatic heterocycles. The largest absolute Gasteiger partial charge is 0.421 e. The summed E-state index contributed by atoms with van der Waals surface area (Å²) in [4.78, 5) is 27.4. The second-order valence-electron chi connectivity index (χ2n) is 4.29. The Bertz CT molecular complexity index is 715. The number of aromatic nitrogens is 1. The Labute approximate surface area is 119 Å². The van der Waals surface area contributed by atoms with Gasteiger partial charge in [-0.15, -0.1) is 0 Å². The van der Waals surface area contributed by atoms with E-state index in [0.29, 0.717) is 21.8 Å². The molecule has 1 amide bonds. The fourth-order valence-corrected chi connectivity index (χ4v) is 2.21. The quantitative estimate of drug-likeness (QED) is 0.862. The van der Waals surface area contributed by atoms with Crippen molar-refractivity contribution in [1.29, 1.82) is 0 Å². The molecule has 0 unspecified atom stereocenters. The van der Waals surface area contributed by atoms with E-state index in [0.717, 1.165) is 0 Å². The molecule has 0 bridgehead atoms. The highest BCUT2D eigenvalue weighted by Crippen LogP contribution is 2.27. The van der Waals surface area contributed by atoms with Gasteiger partial charge in [-0.2, -0.15) is 0 Å². The van der Waals surface area contributed by atoms with Gasteiger partial charge in [0.2, 0.25) is 5.91 Å². The molecular weight excluding hydrogens is 280 g/mol. The van der Waals surface area contributed by atoms with Crippen molar-refractivity contribution in [2.24, 2.45) is 0 Å². The van der Waals surface area contributed by atoms with E-state index in [-0.39, 0.29) is 18.1 Å². The fourth-order valence-electron chi connectivity index (χ4n) is 2.05. The number of rotatable bonds is 2. The molecule has 1 aromatic carbocycles. The Morgan fingerprint density at radius 3 is 3.00 bits per heavy atom. The molecule has 0 spiro atoms. The highest BCUT2D eigenvalue weighted by atomic mass is 35.5. The molecule has 1 aliphatic rings. The number of halogens is 1. The first-order valence-electron chi connectivity index (χ1n) is 5.88. The second kappa shape index (κ2) is 4.94. The van der Waals surface area contributed by atoms with E-state index < -0.39 is 5.97 Å². The van der Waals surface area contributed by atoms with Gasteiger partial charge in [-0.25, -0.2) is 4.79 Å². The third-order valence-corrected chi connectivity index (χ3v) is 3.10. The predicted octanol–water partition coefficient (Wildman–Crippen LogP) is 2.45. The Hall–Kier alpha value is -2.40. The van der Waals surface area contributed by atoms with Crippen LogP contribution in [0, 0.1) is 0 Å². The van der Waals surface area contributed by atoms with Gasteiger partial charge in [0.1, 0.15) is 0 Å². The molecule has 2 aromatic rings. The van der Waals surface area contributed by atoms with E-state index in [2.05, 4.69) is 10.3 Å². The number of nitrogens with one attached hydrogen (secondary N) is 1. The number of hydrogen-bond donors (Lipinski definition) is 1. The molecule has 2 heterocycles. The number of carbonyl (C=O) groups is 2. The number of ether oxygens (including phenoxy) is 1. The van der Waals surface area contributed by atoms with Gasteiger partial charge in [-0.3, -0.25) is 9.78 Å². The zero-order chi connectivity index (χ0) is 14.1. The number of nitrogens with zero attached hydrogens (tertiary/aromatic N) is 1. The lowest BCUT2D eigenvalue weighted by molar-refractivity contribution is -0.115. The van der Waals surface area contributed by atoms with Crippen LogP contribution < -0.4 is 10.1 Å². The van der Waals surface area contributed by atoms with E-state index in [9.17, 15) is 9.59 Å². The van der Waals surface area contributed by atoms with Crippen molar-refractivity contribution in [2.75, 3.05) is 5.32 Å². The minimum Gasteiger partial charge on any atom is -0.421 e. The van der Waals surface area contributed by atoms with Crippen LogP contribution >= 0.6 is 11.6 Å². The lowest BCUT2D eigenvalue weighted by Crippen LogP contribution is -2.11. The topological polar surface area (TPSA) is 68.3 Å². The van der Waals surface area contributed by atoms with Crippen LogP contribution in [0.5, 0.6) is 5.75 Å². The molecule has 0 aliphatic carbocycles. The summed E-state index contributed by atoms with van der Waals surface area (Å²) in [7, 11) is 0. The molecule has 0 saturated heterocycles. The third-order valence-electron chi connectivity index (χ3n) is 2.90. The van der Waals surface area contributed by atoms with Crippen LogP contribution in [0.15, 0.2) is 36.7 Å². The molecule has 0 radical (unpaired) electrons. The maximum atomic E-state index is 12.2. The minimum absolute atomic E-state index is 0.135. The lowest BCUT2D eigenvalue weighted by atomic mass is 10.1. The summed E-state index contributed by atoms with van der Waals surface area (Å²) in [6.07, 6.45) is 3.02. The molecular formula is C14H9ClN2O3. The molecule has 100 valence electrons. The lowest BCUT2D eigenvalue weighted by Gasteiger charge is -2.07. The standard InChI is InChI=1S/C14H9ClN2O3/c15-8-4-9(7-16-6-8)20-14(19)10-2-1-3-12-11(10)5-13(18)17-12/h1-4,6-7H,5H2,(H,17,18). The van der Waals surface area contributed by atoms with Crippen LogP contribution in [0.3, 0.4) is 0 Å². The predicted molar refractivity (Wildman–Crippen MR) is 73.0 cm³/mol. The van der Waals surface area contributed by atoms with Gasteiger partial charge < -0.3 is 10.1 Å². The SMILES string of the molecule is O=C1Cc2c(cccc2C(=O)Oc2cncc(Cl)c2)N1. The van der Waals surface area contributed by atoms with Gasteiger partial charge in [-0.1, -0.05) is 17.7 Å². The highest BCUT2D eigenvalue weighted by molar-refractivity contribution is 6.30. The zero-order valence-corrected chi connectivity index (χ0v) is 11.0. The number of pyridine rings is 1. The molecule has 1 N–H and O–H groups in total. The van der Waals surface area contributed by atoms with Gasteiger partial charge in [-0.05, 0) is 17.7 Å². The first kappa shape index (κ1) is 12.6. The summed E-state index contributed by atoms with van der Waals surface area (Å²) >= 11 is 5.78. The minimum atomic E-state index is -0.539. The summed E-state index contributed by atoms with van der Waals surface area (Å²) in [6, 6.07) is 6.56. The van der Waals surface area contributed by atoms with E-state index in [1.54, 1.807) is 18.2 Å². The molecule has 5 nitrogen and oxygen atoms in total. The van der Waals surface area contributed by atoms with Crippen molar-refractivity contribution in [2.45, 2.75) is 6.42 Å². The van der Waals surface area contributed by atoms with E-state index in [1.807, 2.05) is 0 Å². The van der Waals surface area contributed by atoms with Crippen molar-refractivity contribution in [1.82, 2.24) is 4.98 Å². The van der Waals surface area contributed by atoms with Crippen molar-refractivity contribution < 1.29 is 14.3 Å². The molecule has 20 heavy (non-hydrogen) atoms. The Morgan fingerprint density at radius 2 is 2.20 bits per heavy atom. The molecule has 0 fully saturated rings. The number of hydrogen-bond acceptors (Lipinski definition) is 4. The first-order valence-corrected chi connectivity index (χ1v) is 6.26. The summed E-state index contributed by atoms with van der Waals surface area (Å²) < 4.78 is 5.22. The average molecular weight is 289 g/mol. The van der Waals surface area contributed by atoms with Crippen LogP contribution in [0.2, 0.25) is 5.02 Å². The van der Waals surface area contributed by atoms with E-state index in [4.69, 9.17) is 16.3 Å². The van der Waals surface area contributed by atoms with E-state index in [1.165, 1.54) is 18.5 Å². The van der Waals surface area contributed by atoms with Crippen LogP contribution in [0.1, 0.15) is 15.9 Å². The van der Waals surface area contributed by atoms with Crippen molar-refractivity contribution in [3.8, 4) is 5.75 Å². The molecule has 0 atom stereocenters. The summed E-state index contributed by atoms with van der Waals surface area (Å²) in [5.41, 5.74) is 1.66. The third kappa shape index (κ3) is 2.35. The van der Waals surface area contributed by atoms with Crippen LogP contribution in [-0.2, 0) is 11.2 Å². The van der Waals surface area contributed by atoms with Crippen molar-refractivity contribution >= 4 is 29.2 Å². The van der Waals surface area contributed by atoms with Gasteiger partial charge in [0.25, 0.3) is 0 Å². The monoisotopic (exact) mass is 288 g/mol. The highest BCUT2D eigenvalue weighted by Gasteiger charge is 2.24. The van der Waals surface area contributed by atoms with Gasteiger partial charge in [0.05, 0.1) is 23.2 Å². The van der Waals surface area contributed by atoms with E-state index >= 15 is 0 Å². The van der Waals surface area contributed by atoms with Crippen LogP contribution in [0.4, 0.5) is 5.69 Å². The van der Waals surface area contributed by atoms with Crippen LogP contribution in [0.25, 0.3) is 0 Å².